The molecule has 0 amide bonds. The molecule has 1 aliphatic rings. The van der Waals surface area contributed by atoms with Gasteiger partial charge >= 0.3 is 0 Å². The second kappa shape index (κ2) is 8.45. The number of sulfonamides is 1. The Morgan fingerprint density at radius 2 is 1.75 bits per heavy atom. The Hall–Kier alpha value is -2.18. The van der Waals surface area contributed by atoms with Crippen LogP contribution < -0.4 is 0 Å². The Morgan fingerprint density at radius 1 is 1.11 bits per heavy atom. The van der Waals surface area contributed by atoms with Crippen molar-refractivity contribution in [3.8, 4) is 5.75 Å². The quantitative estimate of drug-likeness (QED) is 0.769. The van der Waals surface area contributed by atoms with Crippen LogP contribution in [0.25, 0.3) is 0 Å². The molecule has 0 aliphatic carbocycles. The number of Topliss-reactive ketones (excluding diaryl/α,β-unsaturated/α-hetero) is 1. The number of nitrogens with zero attached hydrogens (tertiary/aromatic N) is 1. The number of phenols is 1. The summed E-state index contributed by atoms with van der Waals surface area (Å²) in [6.45, 7) is 4.40. The van der Waals surface area contributed by atoms with E-state index in [2.05, 4.69) is 0 Å². The summed E-state index contributed by atoms with van der Waals surface area (Å²) >= 11 is 0. The molecule has 1 atom stereocenters. The first kappa shape index (κ1) is 20.6. The SMILES string of the molecule is CC[C@@H]1CCCN1S(=O)(=O)c1ccc(CC(=O)Cc2ccc(C)c(O)c2)cc1. The topological polar surface area (TPSA) is 74.7 Å². The summed E-state index contributed by atoms with van der Waals surface area (Å²) in [5.74, 6) is 0.205. The Bertz CT molecular complexity index is 951. The Balaban J connectivity index is 1.67. The fraction of sp³-hybridized carbons (Fsp3) is 0.409. The molecule has 0 aromatic heterocycles. The van der Waals surface area contributed by atoms with Crippen molar-refractivity contribution in [3.63, 3.8) is 0 Å². The van der Waals surface area contributed by atoms with Gasteiger partial charge in [-0.05, 0) is 61.1 Å². The summed E-state index contributed by atoms with van der Waals surface area (Å²) in [4.78, 5) is 12.6. The van der Waals surface area contributed by atoms with Gasteiger partial charge in [-0.25, -0.2) is 8.42 Å². The molecule has 28 heavy (non-hydrogen) atoms. The lowest BCUT2D eigenvalue weighted by atomic mass is 10.0. The largest absolute Gasteiger partial charge is 0.508 e. The van der Waals surface area contributed by atoms with E-state index in [-0.39, 0.29) is 35.3 Å². The first-order valence-electron chi connectivity index (χ1n) is 9.72. The van der Waals surface area contributed by atoms with Crippen LogP contribution in [0.3, 0.4) is 0 Å². The highest BCUT2D eigenvalue weighted by molar-refractivity contribution is 7.89. The van der Waals surface area contributed by atoms with Gasteiger partial charge in [0.2, 0.25) is 10.0 Å². The number of ketones is 1. The van der Waals surface area contributed by atoms with Crippen molar-refractivity contribution in [3.05, 3.63) is 59.2 Å². The molecular weight excluding hydrogens is 374 g/mol. The second-order valence-electron chi connectivity index (χ2n) is 7.48. The van der Waals surface area contributed by atoms with Crippen LogP contribution in [0.4, 0.5) is 0 Å². The Labute approximate surface area is 167 Å². The number of rotatable bonds is 7. The standard InChI is InChI=1S/C22H27NO4S/c1-3-19-5-4-12-23(19)28(26,27)21-10-8-17(9-11-21)13-20(24)14-18-7-6-16(2)22(25)15-18/h6-11,15,19,25H,3-5,12-14H2,1-2H3/t19-/m1/s1. The minimum Gasteiger partial charge on any atom is -0.508 e. The van der Waals surface area contributed by atoms with Gasteiger partial charge in [0, 0.05) is 25.4 Å². The molecule has 1 saturated heterocycles. The smallest absolute Gasteiger partial charge is 0.243 e. The molecule has 1 N–H and O–H groups in total. The number of phenolic OH excluding ortho intramolecular Hbond substituents is 1. The zero-order valence-corrected chi connectivity index (χ0v) is 17.2. The number of hydrogen-bond acceptors (Lipinski definition) is 4. The van der Waals surface area contributed by atoms with Crippen molar-refractivity contribution in [1.29, 1.82) is 0 Å². The zero-order chi connectivity index (χ0) is 20.3. The first-order valence-corrected chi connectivity index (χ1v) is 11.2. The average Bonchev–Trinajstić information content (AvgIpc) is 3.15. The van der Waals surface area contributed by atoms with Crippen LogP contribution in [-0.2, 0) is 27.7 Å². The molecule has 1 heterocycles. The third-order valence-corrected chi connectivity index (χ3v) is 7.37. The molecule has 1 fully saturated rings. The number of carbonyl (C=O) groups is 1. The van der Waals surface area contributed by atoms with E-state index in [0.29, 0.717) is 6.54 Å². The van der Waals surface area contributed by atoms with E-state index in [1.54, 1.807) is 47.6 Å². The third-order valence-electron chi connectivity index (χ3n) is 5.40. The van der Waals surface area contributed by atoms with Gasteiger partial charge in [0.05, 0.1) is 4.90 Å². The van der Waals surface area contributed by atoms with Crippen LogP contribution >= 0.6 is 0 Å². The van der Waals surface area contributed by atoms with Crippen LogP contribution in [0, 0.1) is 6.92 Å². The lowest BCUT2D eigenvalue weighted by molar-refractivity contribution is -0.117. The van der Waals surface area contributed by atoms with Crippen LogP contribution in [0.1, 0.15) is 42.9 Å². The minimum absolute atomic E-state index is 0.0180. The molecule has 6 heteroatoms. The molecule has 1 aliphatic heterocycles. The van der Waals surface area contributed by atoms with Gasteiger partial charge in [0.15, 0.2) is 0 Å². The number of carbonyl (C=O) groups excluding carboxylic acids is 1. The highest BCUT2D eigenvalue weighted by atomic mass is 32.2. The number of aryl methyl sites for hydroxylation is 1. The second-order valence-corrected chi connectivity index (χ2v) is 9.37. The maximum atomic E-state index is 12.9. The van der Waals surface area contributed by atoms with Gasteiger partial charge in [-0.1, -0.05) is 31.2 Å². The molecule has 2 aromatic carbocycles. The van der Waals surface area contributed by atoms with Gasteiger partial charge in [-0.3, -0.25) is 4.79 Å². The molecule has 0 saturated carbocycles. The molecule has 0 radical (unpaired) electrons. The van der Waals surface area contributed by atoms with Crippen molar-refractivity contribution in [2.45, 2.75) is 56.9 Å². The number of benzene rings is 2. The molecular formula is C22H27NO4S. The minimum atomic E-state index is -3.48. The maximum absolute atomic E-state index is 12.9. The summed E-state index contributed by atoms with van der Waals surface area (Å²) in [5, 5.41) is 9.76. The number of aromatic hydroxyl groups is 1. The molecule has 3 rings (SSSR count). The van der Waals surface area contributed by atoms with Gasteiger partial charge < -0.3 is 5.11 Å². The van der Waals surface area contributed by atoms with E-state index >= 15 is 0 Å². The average molecular weight is 402 g/mol. The Morgan fingerprint density at radius 3 is 2.39 bits per heavy atom. The molecule has 0 spiro atoms. The van der Waals surface area contributed by atoms with Gasteiger partial charge in [-0.15, -0.1) is 0 Å². The van der Waals surface area contributed by atoms with Crippen LogP contribution in [0.2, 0.25) is 0 Å². The van der Waals surface area contributed by atoms with Gasteiger partial charge in [-0.2, -0.15) is 4.31 Å². The van der Waals surface area contributed by atoms with E-state index in [4.69, 9.17) is 0 Å². The highest BCUT2D eigenvalue weighted by Gasteiger charge is 2.34. The van der Waals surface area contributed by atoms with Crippen LogP contribution in [0.15, 0.2) is 47.4 Å². The Kier molecular flexibility index (Phi) is 6.20. The highest BCUT2D eigenvalue weighted by Crippen LogP contribution is 2.28. The van der Waals surface area contributed by atoms with Crippen LogP contribution in [0.5, 0.6) is 5.75 Å². The van der Waals surface area contributed by atoms with E-state index in [0.717, 1.165) is 36.0 Å². The van der Waals surface area contributed by atoms with Crippen molar-refractivity contribution >= 4 is 15.8 Å². The molecule has 0 bridgehead atoms. The van der Waals surface area contributed by atoms with Crippen LogP contribution in [-0.4, -0.2) is 36.2 Å². The predicted molar refractivity (Wildman–Crippen MR) is 109 cm³/mol. The van der Waals surface area contributed by atoms with Crippen molar-refractivity contribution < 1.29 is 18.3 Å². The summed E-state index contributed by atoms with van der Waals surface area (Å²) in [6.07, 6.45) is 3.10. The van der Waals surface area contributed by atoms with E-state index in [1.807, 2.05) is 13.0 Å². The molecule has 2 aromatic rings. The van der Waals surface area contributed by atoms with E-state index in [1.165, 1.54) is 0 Å². The van der Waals surface area contributed by atoms with Crippen molar-refractivity contribution in [1.82, 2.24) is 4.31 Å². The summed E-state index contributed by atoms with van der Waals surface area (Å²) < 4.78 is 27.4. The van der Waals surface area contributed by atoms with Crippen molar-refractivity contribution in [2.24, 2.45) is 0 Å². The van der Waals surface area contributed by atoms with Gasteiger partial charge in [0.25, 0.3) is 0 Å². The zero-order valence-electron chi connectivity index (χ0n) is 16.4. The molecule has 5 nitrogen and oxygen atoms in total. The summed E-state index contributed by atoms with van der Waals surface area (Å²) in [6, 6.07) is 12.0. The summed E-state index contributed by atoms with van der Waals surface area (Å²) in [7, 11) is -3.48. The third kappa shape index (κ3) is 4.45. The van der Waals surface area contributed by atoms with Gasteiger partial charge in [0.1, 0.15) is 11.5 Å². The summed E-state index contributed by atoms with van der Waals surface area (Å²) in [5.41, 5.74) is 2.33. The lowest BCUT2D eigenvalue weighted by Crippen LogP contribution is -2.35. The van der Waals surface area contributed by atoms with E-state index < -0.39 is 10.0 Å². The fourth-order valence-electron chi connectivity index (χ4n) is 3.73. The number of hydrogen-bond donors (Lipinski definition) is 1. The fourth-order valence-corrected chi connectivity index (χ4v) is 5.50. The normalized spacial score (nSPS) is 17.7. The molecule has 150 valence electrons. The predicted octanol–water partition coefficient (Wildman–Crippen LogP) is 3.62. The first-order chi connectivity index (χ1) is 13.3. The van der Waals surface area contributed by atoms with Crippen molar-refractivity contribution in [2.75, 3.05) is 6.54 Å². The maximum Gasteiger partial charge on any atom is 0.243 e. The molecule has 0 unspecified atom stereocenters. The monoisotopic (exact) mass is 401 g/mol. The lowest BCUT2D eigenvalue weighted by Gasteiger charge is -2.23. The van der Waals surface area contributed by atoms with E-state index in [9.17, 15) is 18.3 Å².